The Morgan fingerprint density at radius 2 is 1.91 bits per heavy atom. The van der Waals surface area contributed by atoms with Crippen molar-refractivity contribution in [3.63, 3.8) is 0 Å². The zero-order chi connectivity index (χ0) is 23.3. The molecule has 0 saturated carbocycles. The van der Waals surface area contributed by atoms with E-state index in [4.69, 9.17) is 14.2 Å². The quantitative estimate of drug-likeness (QED) is 0.270. The maximum atomic E-state index is 12.4. The summed E-state index contributed by atoms with van der Waals surface area (Å²) in [5, 5.41) is 0. The minimum atomic E-state index is -0.521. The molecule has 0 saturated heterocycles. The minimum Gasteiger partial charge on any atom is -0.490 e. The van der Waals surface area contributed by atoms with Crippen molar-refractivity contribution in [1.29, 1.82) is 0 Å². The molecule has 0 aromatic heterocycles. The second-order valence-electron chi connectivity index (χ2n) is 7.24. The number of ether oxygens (including phenoxy) is 4. The fourth-order valence-corrected chi connectivity index (χ4v) is 3.75. The fourth-order valence-electron chi connectivity index (χ4n) is 2.97. The van der Waals surface area contributed by atoms with Gasteiger partial charge in [0, 0.05) is 5.56 Å². The van der Waals surface area contributed by atoms with Crippen molar-refractivity contribution in [2.24, 2.45) is 4.99 Å². The van der Waals surface area contributed by atoms with Gasteiger partial charge in [-0.25, -0.2) is 14.6 Å². The van der Waals surface area contributed by atoms with E-state index in [2.05, 4.69) is 46.2 Å². The third kappa shape index (κ3) is 5.67. The van der Waals surface area contributed by atoms with Crippen LogP contribution >= 0.6 is 22.6 Å². The van der Waals surface area contributed by atoms with Gasteiger partial charge in [-0.15, -0.1) is 0 Å². The van der Waals surface area contributed by atoms with Gasteiger partial charge in [-0.05, 0) is 76.9 Å². The van der Waals surface area contributed by atoms with Crippen molar-refractivity contribution in [3.05, 3.63) is 62.4 Å². The van der Waals surface area contributed by atoms with Gasteiger partial charge in [-0.3, -0.25) is 0 Å². The summed E-state index contributed by atoms with van der Waals surface area (Å²) in [6.45, 7) is 6.25. The molecule has 2 aromatic carbocycles. The molecular weight excluding hydrogens is 525 g/mol. The molecule has 1 heterocycles. The summed E-state index contributed by atoms with van der Waals surface area (Å²) in [5.74, 6) is 0.556. The third-order valence-corrected chi connectivity index (χ3v) is 5.44. The van der Waals surface area contributed by atoms with Gasteiger partial charge in [0.1, 0.15) is 0 Å². The molecular formula is C24H24INO6. The van der Waals surface area contributed by atoms with Gasteiger partial charge in [0.2, 0.25) is 5.90 Å². The van der Waals surface area contributed by atoms with E-state index in [0.29, 0.717) is 33.2 Å². The Balaban J connectivity index is 1.89. The maximum absolute atomic E-state index is 12.4. The largest absolute Gasteiger partial charge is 0.490 e. The molecule has 0 aliphatic carbocycles. The minimum absolute atomic E-state index is 0.189. The number of benzene rings is 2. The number of methoxy groups -OCH3 is 1. The normalized spacial score (nSPS) is 14.4. The monoisotopic (exact) mass is 549 g/mol. The topological polar surface area (TPSA) is 83.4 Å². The Labute approximate surface area is 200 Å². The molecule has 0 spiro atoms. The van der Waals surface area contributed by atoms with Crippen LogP contribution in [0.4, 0.5) is 0 Å². The highest BCUT2D eigenvalue weighted by Gasteiger charge is 2.24. The molecule has 2 aromatic rings. The van der Waals surface area contributed by atoms with Crippen LogP contribution in [0.3, 0.4) is 0 Å². The predicted molar refractivity (Wildman–Crippen MR) is 129 cm³/mol. The molecule has 0 radical (unpaired) electrons. The van der Waals surface area contributed by atoms with Gasteiger partial charge in [0.15, 0.2) is 23.8 Å². The van der Waals surface area contributed by atoms with Gasteiger partial charge < -0.3 is 18.9 Å². The second-order valence-corrected chi connectivity index (χ2v) is 8.40. The van der Waals surface area contributed by atoms with Crippen LogP contribution in [-0.2, 0) is 19.1 Å². The van der Waals surface area contributed by atoms with E-state index >= 15 is 0 Å². The van der Waals surface area contributed by atoms with E-state index in [1.54, 1.807) is 18.2 Å². The summed E-state index contributed by atoms with van der Waals surface area (Å²) in [6, 6.07) is 11.3. The molecule has 0 bridgehead atoms. The van der Waals surface area contributed by atoms with E-state index in [9.17, 15) is 9.59 Å². The molecule has 168 valence electrons. The first kappa shape index (κ1) is 23.8. The zero-order valence-corrected chi connectivity index (χ0v) is 20.5. The molecule has 8 heteroatoms. The van der Waals surface area contributed by atoms with Crippen molar-refractivity contribution in [3.8, 4) is 11.5 Å². The Kier molecular flexibility index (Phi) is 7.89. The van der Waals surface area contributed by atoms with Crippen molar-refractivity contribution < 1.29 is 28.5 Å². The summed E-state index contributed by atoms with van der Waals surface area (Å²) in [4.78, 5) is 28.2. The first-order valence-electron chi connectivity index (χ1n) is 10.1. The van der Waals surface area contributed by atoms with Gasteiger partial charge in [0.25, 0.3) is 0 Å². The number of carbonyl (C=O) groups is 2. The highest BCUT2D eigenvalue weighted by atomic mass is 127. The summed E-state index contributed by atoms with van der Waals surface area (Å²) in [6.07, 6.45) is 1.63. The lowest BCUT2D eigenvalue weighted by Crippen LogP contribution is -2.14. The van der Waals surface area contributed by atoms with E-state index in [1.807, 2.05) is 31.2 Å². The number of esters is 2. The lowest BCUT2D eigenvalue weighted by atomic mass is 10.0. The SMILES string of the molecule is CCOc1cc(/C=C2\N=C(c3ccc(C(C)C)cc3)OC2=O)cc(I)c1OCC(=O)OC. The number of rotatable bonds is 8. The predicted octanol–water partition coefficient (Wildman–Crippen LogP) is 4.71. The van der Waals surface area contributed by atoms with Crippen LogP contribution in [-0.4, -0.2) is 38.2 Å². The molecule has 0 amide bonds. The molecule has 0 N–H and O–H groups in total. The average Bonchev–Trinajstić information content (AvgIpc) is 3.13. The standard InChI is InChI=1S/C24H24INO6/c1-5-30-20-12-15(10-18(25)22(20)31-13-21(27)29-4)11-19-24(28)32-23(26-19)17-8-6-16(7-9-17)14(2)3/h6-12,14H,5,13H2,1-4H3/b19-11-. The highest BCUT2D eigenvalue weighted by Crippen LogP contribution is 2.35. The number of halogens is 1. The molecule has 0 fully saturated rings. The molecule has 1 aliphatic rings. The van der Waals surface area contributed by atoms with Crippen molar-refractivity contribution in [2.75, 3.05) is 20.3 Å². The first-order valence-corrected chi connectivity index (χ1v) is 11.2. The van der Waals surface area contributed by atoms with Crippen LogP contribution in [0.25, 0.3) is 6.08 Å². The summed E-state index contributed by atoms with van der Waals surface area (Å²) >= 11 is 2.09. The van der Waals surface area contributed by atoms with Crippen LogP contribution in [0.2, 0.25) is 0 Å². The van der Waals surface area contributed by atoms with Crippen LogP contribution < -0.4 is 9.47 Å². The van der Waals surface area contributed by atoms with Crippen molar-refractivity contribution in [1.82, 2.24) is 0 Å². The lowest BCUT2D eigenvalue weighted by molar-refractivity contribution is -0.143. The van der Waals surface area contributed by atoms with Crippen molar-refractivity contribution >= 4 is 46.5 Å². The number of aliphatic imine (C=N–C) groups is 1. The number of cyclic esters (lactones) is 1. The lowest BCUT2D eigenvalue weighted by Gasteiger charge is -2.14. The molecule has 1 aliphatic heterocycles. The van der Waals surface area contributed by atoms with Crippen LogP contribution in [0.15, 0.2) is 47.1 Å². The fraction of sp³-hybridized carbons (Fsp3) is 0.292. The molecule has 0 atom stereocenters. The number of hydrogen-bond donors (Lipinski definition) is 0. The Hall–Kier alpha value is -2.88. The van der Waals surface area contributed by atoms with Gasteiger partial charge in [-0.2, -0.15) is 0 Å². The van der Waals surface area contributed by atoms with Crippen molar-refractivity contribution in [2.45, 2.75) is 26.7 Å². The maximum Gasteiger partial charge on any atom is 0.363 e. The smallest absolute Gasteiger partial charge is 0.363 e. The van der Waals surface area contributed by atoms with E-state index in [0.717, 1.165) is 5.56 Å². The number of hydrogen-bond acceptors (Lipinski definition) is 7. The molecule has 32 heavy (non-hydrogen) atoms. The van der Waals surface area contributed by atoms with E-state index in [1.165, 1.54) is 12.7 Å². The molecule has 3 rings (SSSR count). The van der Waals surface area contributed by atoms with E-state index < -0.39 is 11.9 Å². The Morgan fingerprint density at radius 1 is 1.19 bits per heavy atom. The number of carbonyl (C=O) groups excluding carboxylic acids is 2. The Bertz CT molecular complexity index is 1070. The highest BCUT2D eigenvalue weighted by molar-refractivity contribution is 14.1. The summed E-state index contributed by atoms with van der Waals surface area (Å²) in [5.41, 5.74) is 2.81. The summed E-state index contributed by atoms with van der Waals surface area (Å²) in [7, 11) is 1.30. The second kappa shape index (κ2) is 10.6. The molecule has 7 nitrogen and oxygen atoms in total. The van der Waals surface area contributed by atoms with Crippen LogP contribution in [0.1, 0.15) is 43.4 Å². The molecule has 0 unspecified atom stereocenters. The average molecular weight is 549 g/mol. The van der Waals surface area contributed by atoms with Gasteiger partial charge in [-0.1, -0.05) is 26.0 Å². The van der Waals surface area contributed by atoms with Gasteiger partial charge >= 0.3 is 11.9 Å². The van der Waals surface area contributed by atoms with Crippen LogP contribution in [0, 0.1) is 3.57 Å². The summed E-state index contributed by atoms with van der Waals surface area (Å²) < 4.78 is 22.0. The van der Waals surface area contributed by atoms with Gasteiger partial charge in [0.05, 0.1) is 17.3 Å². The third-order valence-electron chi connectivity index (χ3n) is 4.64. The van der Waals surface area contributed by atoms with E-state index in [-0.39, 0.29) is 18.2 Å². The van der Waals surface area contributed by atoms with Crippen LogP contribution in [0.5, 0.6) is 11.5 Å². The zero-order valence-electron chi connectivity index (χ0n) is 18.3. The Morgan fingerprint density at radius 3 is 2.53 bits per heavy atom. The number of nitrogens with zero attached hydrogens (tertiary/aromatic N) is 1. The first-order chi connectivity index (χ1) is 15.3.